The standard InChI is InChI=1S/C23H38N2O2.C4H4O4/c1-22-10-8-15(5-3-4-12-24)13-19(22)20(25-27)14-16-17-6-7-21(26)23(17,2)11-9-18(16)22;5-3(6)1-2-4(7)8/h15-19,27H,3-14,24H2,1-2H3;1-2H,(H,5,6)(H,7,8)/b25-20+;2-1+/t15-,16-,17-,18-,19?,22+,23-;/m0./s1. The minimum absolute atomic E-state index is 0.107. The molecule has 0 spiro atoms. The van der Waals surface area contributed by atoms with Crippen molar-refractivity contribution in [3.63, 3.8) is 0 Å². The first kappa shape index (κ1) is 27.4. The summed E-state index contributed by atoms with van der Waals surface area (Å²) in [6.45, 7) is 5.50. The van der Waals surface area contributed by atoms with E-state index in [1.807, 2.05) is 0 Å². The van der Waals surface area contributed by atoms with Crippen LogP contribution in [0.5, 0.6) is 0 Å². The second-order valence-electron chi connectivity index (χ2n) is 11.6. The molecule has 0 heterocycles. The van der Waals surface area contributed by atoms with Gasteiger partial charge in [-0.15, -0.1) is 0 Å². The number of nitrogens with zero attached hydrogens (tertiary/aromatic N) is 1. The fourth-order valence-corrected chi connectivity index (χ4v) is 8.01. The molecule has 35 heavy (non-hydrogen) atoms. The Kier molecular flexibility index (Phi) is 8.78. The number of nitrogens with two attached hydrogens (primary N) is 1. The number of hydrogen-bond acceptors (Lipinski definition) is 6. The highest BCUT2D eigenvalue weighted by Gasteiger charge is 2.61. The zero-order valence-electron chi connectivity index (χ0n) is 21.1. The molecule has 1 unspecified atom stereocenters. The van der Waals surface area contributed by atoms with Gasteiger partial charge in [0.1, 0.15) is 5.78 Å². The van der Waals surface area contributed by atoms with Crippen molar-refractivity contribution in [2.75, 3.05) is 6.54 Å². The molecule has 5 N–H and O–H groups in total. The van der Waals surface area contributed by atoms with Crippen LogP contribution < -0.4 is 5.73 Å². The molecule has 196 valence electrons. The van der Waals surface area contributed by atoms with Gasteiger partial charge in [0, 0.05) is 29.9 Å². The Bertz CT molecular complexity index is 854. The van der Waals surface area contributed by atoms with Gasteiger partial charge in [0.2, 0.25) is 0 Å². The Labute approximate surface area is 208 Å². The van der Waals surface area contributed by atoms with Crippen molar-refractivity contribution in [1.82, 2.24) is 0 Å². The molecule has 8 heteroatoms. The lowest BCUT2D eigenvalue weighted by molar-refractivity contribution is -0.134. The minimum Gasteiger partial charge on any atom is -0.478 e. The number of carbonyl (C=O) groups excluding carboxylic acids is 1. The third-order valence-corrected chi connectivity index (χ3v) is 9.86. The molecule has 4 saturated carbocycles. The van der Waals surface area contributed by atoms with E-state index in [2.05, 4.69) is 19.0 Å². The molecule has 0 radical (unpaired) electrons. The first-order chi connectivity index (χ1) is 16.6. The minimum atomic E-state index is -1.26. The van der Waals surface area contributed by atoms with Crippen molar-refractivity contribution in [3.8, 4) is 0 Å². The van der Waals surface area contributed by atoms with E-state index in [1.54, 1.807) is 0 Å². The number of carbonyl (C=O) groups is 3. The number of carboxylic acids is 2. The maximum absolute atomic E-state index is 12.6. The van der Waals surface area contributed by atoms with Gasteiger partial charge in [-0.2, -0.15) is 0 Å². The number of fused-ring (bicyclic) bond motifs is 5. The second kappa shape index (κ2) is 11.2. The average molecular weight is 491 g/mol. The molecule has 4 fully saturated rings. The quantitative estimate of drug-likeness (QED) is 0.185. The van der Waals surface area contributed by atoms with Crippen LogP contribution >= 0.6 is 0 Å². The maximum atomic E-state index is 12.6. The van der Waals surface area contributed by atoms with E-state index >= 15 is 0 Å². The highest BCUT2D eigenvalue weighted by atomic mass is 16.4. The van der Waals surface area contributed by atoms with Gasteiger partial charge in [-0.1, -0.05) is 31.8 Å². The largest absolute Gasteiger partial charge is 0.478 e. The smallest absolute Gasteiger partial charge is 0.328 e. The van der Waals surface area contributed by atoms with Crippen LogP contribution in [-0.4, -0.2) is 45.4 Å². The molecule has 4 rings (SSSR count). The maximum Gasteiger partial charge on any atom is 0.328 e. The van der Waals surface area contributed by atoms with Crippen molar-refractivity contribution in [3.05, 3.63) is 12.2 Å². The molecule has 0 bridgehead atoms. The summed E-state index contributed by atoms with van der Waals surface area (Å²) in [5.41, 5.74) is 6.87. The van der Waals surface area contributed by atoms with Crippen LogP contribution in [0.3, 0.4) is 0 Å². The van der Waals surface area contributed by atoms with Crippen LogP contribution in [0.4, 0.5) is 0 Å². The molecule has 0 aromatic heterocycles. The molecule has 4 aliphatic carbocycles. The molecule has 0 saturated heterocycles. The Morgan fingerprint density at radius 2 is 1.74 bits per heavy atom. The summed E-state index contributed by atoms with van der Waals surface area (Å²) in [7, 11) is 0. The van der Waals surface area contributed by atoms with Crippen molar-refractivity contribution in [2.24, 2.45) is 51.3 Å². The van der Waals surface area contributed by atoms with E-state index in [4.69, 9.17) is 15.9 Å². The Hall–Kier alpha value is -2.22. The van der Waals surface area contributed by atoms with Crippen LogP contribution in [0.15, 0.2) is 17.3 Å². The highest BCUT2D eigenvalue weighted by molar-refractivity contribution is 5.90. The molecule has 4 aliphatic rings. The predicted octanol–water partition coefficient (Wildman–Crippen LogP) is 4.50. The van der Waals surface area contributed by atoms with Gasteiger partial charge in [-0.3, -0.25) is 4.79 Å². The lowest BCUT2D eigenvalue weighted by Crippen LogP contribution is -2.56. The van der Waals surface area contributed by atoms with Crippen molar-refractivity contribution in [2.45, 2.75) is 84.5 Å². The fraction of sp³-hybridized carbons (Fsp3) is 0.778. The molecule has 0 aromatic carbocycles. The van der Waals surface area contributed by atoms with Crippen LogP contribution in [0.25, 0.3) is 0 Å². The Balaban J connectivity index is 0.000000371. The van der Waals surface area contributed by atoms with Crippen LogP contribution in [-0.2, 0) is 14.4 Å². The summed E-state index contributed by atoms with van der Waals surface area (Å²) < 4.78 is 0. The van der Waals surface area contributed by atoms with Gasteiger partial charge in [-0.05, 0) is 87.0 Å². The Morgan fingerprint density at radius 1 is 1.06 bits per heavy atom. The topological polar surface area (TPSA) is 150 Å². The lowest BCUT2D eigenvalue weighted by atomic mass is 9.44. The normalized spacial score (nSPS) is 39.3. The van der Waals surface area contributed by atoms with Gasteiger partial charge in [0.25, 0.3) is 0 Å². The van der Waals surface area contributed by atoms with Crippen LogP contribution in [0.1, 0.15) is 84.5 Å². The zero-order chi connectivity index (χ0) is 25.8. The molecule has 0 aromatic rings. The monoisotopic (exact) mass is 490 g/mol. The van der Waals surface area contributed by atoms with E-state index in [0.717, 1.165) is 50.3 Å². The summed E-state index contributed by atoms with van der Waals surface area (Å²) in [6.07, 6.45) is 13.5. The van der Waals surface area contributed by atoms with Crippen molar-refractivity contribution < 1.29 is 29.8 Å². The van der Waals surface area contributed by atoms with Crippen LogP contribution in [0.2, 0.25) is 0 Å². The first-order valence-electron chi connectivity index (χ1n) is 13.1. The number of hydrogen-bond donors (Lipinski definition) is 4. The lowest BCUT2D eigenvalue weighted by Gasteiger charge is -2.60. The zero-order valence-corrected chi connectivity index (χ0v) is 21.1. The number of aliphatic carboxylic acids is 2. The van der Waals surface area contributed by atoms with E-state index in [9.17, 15) is 19.6 Å². The van der Waals surface area contributed by atoms with Crippen molar-refractivity contribution >= 4 is 23.4 Å². The number of unbranched alkanes of at least 4 members (excludes halogenated alkanes) is 1. The van der Waals surface area contributed by atoms with E-state index in [-0.39, 0.29) is 10.8 Å². The third-order valence-electron chi connectivity index (χ3n) is 9.86. The third kappa shape index (κ3) is 5.63. The SMILES string of the molecule is C[C@]12CC[C@H](CCCCN)CC1/C(=N/O)C[C@@H]1[C@@H]2CC[C@]2(C)C(=O)CC[C@@H]12.O=C(O)/C=C/C(=O)O. The molecule has 0 aliphatic heterocycles. The predicted molar refractivity (Wildman–Crippen MR) is 132 cm³/mol. The van der Waals surface area contributed by atoms with Gasteiger partial charge < -0.3 is 21.2 Å². The molecule has 0 amide bonds. The number of ketones is 1. The summed E-state index contributed by atoms with van der Waals surface area (Å²) >= 11 is 0. The fourth-order valence-electron chi connectivity index (χ4n) is 8.01. The van der Waals surface area contributed by atoms with Gasteiger partial charge in [0.15, 0.2) is 0 Å². The number of Topliss-reactive ketones (excluding diaryl/α,β-unsaturated/α-hetero) is 1. The summed E-state index contributed by atoms with van der Waals surface area (Å²) in [5, 5.41) is 29.4. The highest BCUT2D eigenvalue weighted by Crippen LogP contribution is 2.65. The summed E-state index contributed by atoms with van der Waals surface area (Å²) in [4.78, 5) is 31.7. The van der Waals surface area contributed by atoms with E-state index in [1.165, 1.54) is 38.5 Å². The molecular formula is C27H42N2O6. The molecule has 8 nitrogen and oxygen atoms in total. The second-order valence-corrected chi connectivity index (χ2v) is 11.6. The average Bonchev–Trinajstić information content (AvgIpc) is 3.12. The molecular weight excluding hydrogens is 448 g/mol. The number of rotatable bonds is 6. The van der Waals surface area contributed by atoms with E-state index in [0.29, 0.717) is 41.6 Å². The van der Waals surface area contributed by atoms with Crippen LogP contribution in [0, 0.1) is 40.4 Å². The van der Waals surface area contributed by atoms with Crippen molar-refractivity contribution in [1.29, 1.82) is 0 Å². The Morgan fingerprint density at radius 3 is 2.34 bits per heavy atom. The number of carboxylic acid groups (broad SMARTS) is 2. The first-order valence-corrected chi connectivity index (χ1v) is 13.1. The van der Waals surface area contributed by atoms with E-state index < -0.39 is 11.9 Å². The van der Waals surface area contributed by atoms with Gasteiger partial charge in [0.05, 0.1) is 5.71 Å². The number of oxime groups is 1. The van der Waals surface area contributed by atoms with Gasteiger partial charge in [-0.25, -0.2) is 9.59 Å². The molecule has 7 atom stereocenters. The van der Waals surface area contributed by atoms with Gasteiger partial charge >= 0.3 is 11.9 Å². The summed E-state index contributed by atoms with van der Waals surface area (Å²) in [6, 6.07) is 0. The summed E-state index contributed by atoms with van der Waals surface area (Å²) in [5.74, 6) is 0.898.